The van der Waals surface area contributed by atoms with Gasteiger partial charge in [-0.3, -0.25) is 4.79 Å². The fourth-order valence-electron chi connectivity index (χ4n) is 1.41. The molecule has 1 unspecified atom stereocenters. The number of H-pyrrole nitrogens is 1. The minimum Gasteiger partial charge on any atom is -0.347 e. The third kappa shape index (κ3) is 2.47. The monoisotopic (exact) mass is 234 g/mol. The molecule has 0 saturated heterocycles. The molecule has 6 heteroatoms. The molecule has 0 bridgehead atoms. The van der Waals surface area contributed by atoms with Crippen molar-refractivity contribution in [2.24, 2.45) is 0 Å². The second-order valence-electron chi connectivity index (χ2n) is 3.51. The predicted octanol–water partition coefficient (Wildman–Crippen LogP) is 1.43. The summed E-state index contributed by atoms with van der Waals surface area (Å²) in [6.07, 6.45) is 4.54. The van der Waals surface area contributed by atoms with Gasteiger partial charge in [0.15, 0.2) is 0 Å². The van der Waals surface area contributed by atoms with Crippen LogP contribution in [0.3, 0.4) is 0 Å². The first-order valence-electron chi connectivity index (χ1n) is 5.09. The highest BCUT2D eigenvalue weighted by Crippen LogP contribution is 2.08. The topological polar surface area (TPSA) is 70.7 Å². The van der Waals surface area contributed by atoms with E-state index >= 15 is 0 Å². The molecule has 2 heterocycles. The van der Waals surface area contributed by atoms with Crippen molar-refractivity contribution in [3.63, 3.8) is 0 Å². The molecule has 1 amide bonds. The molecule has 1 atom stereocenters. The summed E-state index contributed by atoms with van der Waals surface area (Å²) < 4.78 is 13.2. The number of pyridine rings is 1. The lowest BCUT2D eigenvalue weighted by Gasteiger charge is -2.11. The summed E-state index contributed by atoms with van der Waals surface area (Å²) in [7, 11) is 0. The lowest BCUT2D eigenvalue weighted by molar-refractivity contribution is 0.0933. The molecule has 2 aromatic rings. The minimum absolute atomic E-state index is 0.0779. The number of nitrogens with zero attached hydrogens (tertiary/aromatic N) is 2. The van der Waals surface area contributed by atoms with Crippen molar-refractivity contribution < 1.29 is 9.18 Å². The highest BCUT2D eigenvalue weighted by Gasteiger charge is 2.16. The SMILES string of the molecule is CC(NC(=O)c1cccnc1F)c1ncc[nH]1. The number of aromatic nitrogens is 3. The van der Waals surface area contributed by atoms with Crippen LogP contribution in [-0.2, 0) is 0 Å². The number of halogens is 1. The van der Waals surface area contributed by atoms with Gasteiger partial charge in [-0.15, -0.1) is 0 Å². The maximum Gasteiger partial charge on any atom is 0.256 e. The first-order valence-corrected chi connectivity index (χ1v) is 5.09. The Bertz CT molecular complexity index is 512. The summed E-state index contributed by atoms with van der Waals surface area (Å²) in [5.41, 5.74) is -0.0779. The predicted molar refractivity (Wildman–Crippen MR) is 58.7 cm³/mol. The molecule has 17 heavy (non-hydrogen) atoms. The number of hydrogen-bond donors (Lipinski definition) is 2. The highest BCUT2D eigenvalue weighted by atomic mass is 19.1. The largest absolute Gasteiger partial charge is 0.347 e. The van der Waals surface area contributed by atoms with Crippen LogP contribution < -0.4 is 5.32 Å². The molecule has 5 nitrogen and oxygen atoms in total. The number of amides is 1. The van der Waals surface area contributed by atoms with E-state index in [4.69, 9.17) is 0 Å². The van der Waals surface area contributed by atoms with Gasteiger partial charge in [0.1, 0.15) is 5.82 Å². The zero-order valence-electron chi connectivity index (χ0n) is 9.14. The van der Waals surface area contributed by atoms with E-state index in [9.17, 15) is 9.18 Å². The molecule has 2 N–H and O–H groups in total. The molecular weight excluding hydrogens is 223 g/mol. The van der Waals surface area contributed by atoms with Gasteiger partial charge in [0.05, 0.1) is 11.6 Å². The zero-order chi connectivity index (χ0) is 12.3. The molecule has 2 aromatic heterocycles. The van der Waals surface area contributed by atoms with E-state index in [-0.39, 0.29) is 11.6 Å². The zero-order valence-corrected chi connectivity index (χ0v) is 9.14. The summed E-state index contributed by atoms with van der Waals surface area (Å²) in [4.78, 5) is 22.0. The van der Waals surface area contributed by atoms with Crippen LogP contribution in [0.4, 0.5) is 4.39 Å². The van der Waals surface area contributed by atoms with Crippen LogP contribution in [0.1, 0.15) is 29.1 Å². The first-order chi connectivity index (χ1) is 8.18. The smallest absolute Gasteiger partial charge is 0.256 e. The van der Waals surface area contributed by atoms with Gasteiger partial charge in [-0.05, 0) is 19.1 Å². The average molecular weight is 234 g/mol. The van der Waals surface area contributed by atoms with E-state index in [1.807, 2.05) is 0 Å². The number of carbonyl (C=O) groups excluding carboxylic acids is 1. The highest BCUT2D eigenvalue weighted by molar-refractivity contribution is 5.94. The second kappa shape index (κ2) is 4.73. The molecule has 0 radical (unpaired) electrons. The molecular formula is C11H11FN4O. The van der Waals surface area contributed by atoms with Crippen LogP contribution in [0.25, 0.3) is 0 Å². The van der Waals surface area contributed by atoms with E-state index < -0.39 is 11.9 Å². The Labute approximate surface area is 97.1 Å². The van der Waals surface area contributed by atoms with Crippen molar-refractivity contribution in [1.82, 2.24) is 20.3 Å². The van der Waals surface area contributed by atoms with Gasteiger partial charge in [-0.2, -0.15) is 4.39 Å². The summed E-state index contributed by atoms with van der Waals surface area (Å²) in [6.45, 7) is 1.75. The Morgan fingerprint density at radius 3 is 2.94 bits per heavy atom. The summed E-state index contributed by atoms with van der Waals surface area (Å²) >= 11 is 0. The average Bonchev–Trinajstić information content (AvgIpc) is 2.82. The van der Waals surface area contributed by atoms with Crippen molar-refractivity contribution >= 4 is 5.91 Å². The Balaban J connectivity index is 2.10. The molecule has 0 aliphatic rings. The Kier molecular flexibility index (Phi) is 3.13. The molecule has 0 aliphatic carbocycles. The Hall–Kier alpha value is -2.24. The lowest BCUT2D eigenvalue weighted by atomic mass is 10.2. The van der Waals surface area contributed by atoms with Crippen LogP contribution >= 0.6 is 0 Å². The molecule has 0 fully saturated rings. The Morgan fingerprint density at radius 1 is 1.47 bits per heavy atom. The Morgan fingerprint density at radius 2 is 2.29 bits per heavy atom. The number of hydrogen-bond acceptors (Lipinski definition) is 3. The van der Waals surface area contributed by atoms with E-state index in [0.29, 0.717) is 5.82 Å². The van der Waals surface area contributed by atoms with E-state index in [2.05, 4.69) is 20.3 Å². The number of nitrogens with one attached hydrogen (secondary N) is 2. The van der Waals surface area contributed by atoms with Crippen LogP contribution in [0.15, 0.2) is 30.7 Å². The van der Waals surface area contributed by atoms with Crippen LogP contribution in [-0.4, -0.2) is 20.9 Å². The molecule has 2 rings (SSSR count). The molecule has 0 aliphatic heterocycles. The maximum atomic E-state index is 13.2. The lowest BCUT2D eigenvalue weighted by Crippen LogP contribution is -2.28. The third-order valence-electron chi connectivity index (χ3n) is 2.28. The van der Waals surface area contributed by atoms with Crippen molar-refractivity contribution in [3.05, 3.63) is 48.1 Å². The van der Waals surface area contributed by atoms with Crippen LogP contribution in [0.2, 0.25) is 0 Å². The van der Waals surface area contributed by atoms with Crippen molar-refractivity contribution in [2.45, 2.75) is 13.0 Å². The van der Waals surface area contributed by atoms with Gasteiger partial charge in [0, 0.05) is 18.6 Å². The summed E-state index contributed by atoms with van der Waals surface area (Å²) in [5.74, 6) is -0.682. The number of carbonyl (C=O) groups is 1. The summed E-state index contributed by atoms with van der Waals surface area (Å²) in [5, 5.41) is 2.63. The van der Waals surface area contributed by atoms with Crippen molar-refractivity contribution in [3.8, 4) is 0 Å². The van der Waals surface area contributed by atoms with Gasteiger partial charge in [-0.1, -0.05) is 0 Å². The third-order valence-corrected chi connectivity index (χ3v) is 2.28. The van der Waals surface area contributed by atoms with E-state index in [0.717, 1.165) is 0 Å². The van der Waals surface area contributed by atoms with Crippen molar-refractivity contribution in [2.75, 3.05) is 0 Å². The van der Waals surface area contributed by atoms with Gasteiger partial charge in [0.25, 0.3) is 5.91 Å². The molecule has 0 saturated carbocycles. The van der Waals surface area contributed by atoms with Gasteiger partial charge in [-0.25, -0.2) is 9.97 Å². The quantitative estimate of drug-likeness (QED) is 0.789. The summed E-state index contributed by atoms with van der Waals surface area (Å²) in [6, 6.07) is 2.57. The molecule has 0 aromatic carbocycles. The molecule has 88 valence electrons. The van der Waals surface area contributed by atoms with Crippen LogP contribution in [0, 0.1) is 5.95 Å². The van der Waals surface area contributed by atoms with E-state index in [1.165, 1.54) is 18.3 Å². The van der Waals surface area contributed by atoms with Gasteiger partial charge >= 0.3 is 0 Å². The van der Waals surface area contributed by atoms with Crippen molar-refractivity contribution in [1.29, 1.82) is 0 Å². The number of aromatic amines is 1. The maximum absolute atomic E-state index is 13.2. The van der Waals surface area contributed by atoms with Gasteiger partial charge in [0.2, 0.25) is 5.95 Å². The normalized spacial score (nSPS) is 12.1. The fourth-order valence-corrected chi connectivity index (χ4v) is 1.41. The molecule has 0 spiro atoms. The number of rotatable bonds is 3. The first kappa shape index (κ1) is 11.3. The minimum atomic E-state index is -0.781. The van der Waals surface area contributed by atoms with Gasteiger partial charge < -0.3 is 10.3 Å². The standard InChI is InChI=1S/C11H11FN4O/c1-7(10-14-5-6-15-10)16-11(17)8-3-2-4-13-9(8)12/h2-7H,1H3,(H,14,15)(H,16,17). The number of imidazole rings is 1. The van der Waals surface area contributed by atoms with E-state index in [1.54, 1.807) is 19.3 Å². The fraction of sp³-hybridized carbons (Fsp3) is 0.182. The second-order valence-corrected chi connectivity index (χ2v) is 3.51. The van der Waals surface area contributed by atoms with Crippen LogP contribution in [0.5, 0.6) is 0 Å².